The van der Waals surface area contributed by atoms with Crippen molar-refractivity contribution >= 4 is 5.97 Å². The Bertz CT molecular complexity index is 308. The van der Waals surface area contributed by atoms with E-state index in [1.54, 1.807) is 0 Å². The standard InChI is InChI=1S/C14H25N3O2/c1-3-17(10-7-14(18)19-4-2)13(11-15)12-5-8-16-9-6-12/h12-13,16H,3-10H2,1-2H3. The summed E-state index contributed by atoms with van der Waals surface area (Å²) in [5, 5.41) is 12.7. The summed E-state index contributed by atoms with van der Waals surface area (Å²) >= 11 is 0. The molecule has 1 fully saturated rings. The lowest BCUT2D eigenvalue weighted by Gasteiger charge is -2.34. The van der Waals surface area contributed by atoms with Crippen LogP contribution in [0.4, 0.5) is 0 Å². The minimum atomic E-state index is -0.178. The molecule has 1 N–H and O–H groups in total. The van der Waals surface area contributed by atoms with Crippen molar-refractivity contribution in [1.82, 2.24) is 10.2 Å². The fourth-order valence-electron chi connectivity index (χ4n) is 2.61. The molecule has 0 radical (unpaired) electrons. The summed E-state index contributed by atoms with van der Waals surface area (Å²) in [4.78, 5) is 13.5. The minimum Gasteiger partial charge on any atom is -0.466 e. The summed E-state index contributed by atoms with van der Waals surface area (Å²) in [5.41, 5.74) is 0. The van der Waals surface area contributed by atoms with Gasteiger partial charge in [0.15, 0.2) is 0 Å². The molecular formula is C14H25N3O2. The first-order valence-electron chi connectivity index (χ1n) is 7.22. The number of hydrogen-bond donors (Lipinski definition) is 1. The summed E-state index contributed by atoms with van der Waals surface area (Å²) in [7, 11) is 0. The molecular weight excluding hydrogens is 242 g/mol. The van der Waals surface area contributed by atoms with Crippen molar-refractivity contribution in [2.45, 2.75) is 39.2 Å². The van der Waals surface area contributed by atoms with Crippen LogP contribution in [-0.2, 0) is 9.53 Å². The largest absolute Gasteiger partial charge is 0.466 e. The van der Waals surface area contributed by atoms with Crippen LogP contribution in [0, 0.1) is 17.2 Å². The lowest BCUT2D eigenvalue weighted by atomic mass is 9.90. The second-order valence-corrected chi connectivity index (χ2v) is 4.84. The molecule has 0 amide bonds. The number of nitrogens with one attached hydrogen (secondary N) is 1. The Morgan fingerprint density at radius 1 is 1.47 bits per heavy atom. The van der Waals surface area contributed by atoms with Gasteiger partial charge in [0.2, 0.25) is 0 Å². The molecule has 0 aromatic carbocycles. The van der Waals surface area contributed by atoms with Crippen LogP contribution >= 0.6 is 0 Å². The molecule has 19 heavy (non-hydrogen) atoms. The maximum absolute atomic E-state index is 11.4. The molecule has 5 nitrogen and oxygen atoms in total. The van der Waals surface area contributed by atoms with Crippen molar-refractivity contribution in [3.8, 4) is 6.07 Å². The average Bonchev–Trinajstić information content (AvgIpc) is 2.44. The van der Waals surface area contributed by atoms with Crippen LogP contribution in [0.5, 0.6) is 0 Å². The smallest absolute Gasteiger partial charge is 0.307 e. The zero-order valence-corrected chi connectivity index (χ0v) is 12.0. The second-order valence-electron chi connectivity index (χ2n) is 4.84. The van der Waals surface area contributed by atoms with Crippen molar-refractivity contribution < 1.29 is 9.53 Å². The number of nitrogens with zero attached hydrogens (tertiary/aromatic N) is 2. The predicted molar refractivity (Wildman–Crippen MR) is 73.5 cm³/mol. The van der Waals surface area contributed by atoms with Crippen molar-refractivity contribution in [2.75, 3.05) is 32.8 Å². The van der Waals surface area contributed by atoms with Gasteiger partial charge in [-0.05, 0) is 45.3 Å². The molecule has 1 saturated heterocycles. The molecule has 1 unspecified atom stereocenters. The Kier molecular flexibility index (Phi) is 7.46. The molecule has 1 aliphatic rings. The van der Waals surface area contributed by atoms with Crippen LogP contribution in [0.25, 0.3) is 0 Å². The van der Waals surface area contributed by atoms with Crippen LogP contribution in [0.2, 0.25) is 0 Å². The number of carbonyl (C=O) groups is 1. The molecule has 108 valence electrons. The molecule has 1 heterocycles. The zero-order chi connectivity index (χ0) is 14.1. The minimum absolute atomic E-state index is 0.0819. The van der Waals surface area contributed by atoms with E-state index in [1.807, 2.05) is 13.8 Å². The fourth-order valence-corrected chi connectivity index (χ4v) is 2.61. The molecule has 0 saturated carbocycles. The molecule has 5 heteroatoms. The average molecular weight is 267 g/mol. The lowest BCUT2D eigenvalue weighted by molar-refractivity contribution is -0.143. The first kappa shape index (κ1) is 15.9. The molecule has 0 aliphatic carbocycles. The van der Waals surface area contributed by atoms with Gasteiger partial charge in [0.1, 0.15) is 6.04 Å². The number of hydrogen-bond acceptors (Lipinski definition) is 5. The van der Waals surface area contributed by atoms with Gasteiger partial charge >= 0.3 is 5.97 Å². The summed E-state index contributed by atoms with van der Waals surface area (Å²) in [5.74, 6) is 0.233. The van der Waals surface area contributed by atoms with Gasteiger partial charge in [-0.25, -0.2) is 0 Å². The van der Waals surface area contributed by atoms with Gasteiger partial charge in [0, 0.05) is 6.54 Å². The van der Waals surface area contributed by atoms with Gasteiger partial charge in [0.05, 0.1) is 19.1 Å². The van der Waals surface area contributed by atoms with E-state index < -0.39 is 0 Å². The quantitative estimate of drug-likeness (QED) is 0.701. The summed E-state index contributed by atoms with van der Waals surface area (Å²) in [6.45, 7) is 7.63. The normalized spacial score (nSPS) is 18.0. The SMILES string of the molecule is CCOC(=O)CCN(CC)C(C#N)C1CCNCC1. The number of nitriles is 1. The van der Waals surface area contributed by atoms with E-state index in [9.17, 15) is 10.1 Å². The highest BCUT2D eigenvalue weighted by Gasteiger charge is 2.28. The topological polar surface area (TPSA) is 65.4 Å². The van der Waals surface area contributed by atoms with Crippen molar-refractivity contribution in [2.24, 2.45) is 5.92 Å². The highest BCUT2D eigenvalue weighted by molar-refractivity contribution is 5.69. The van der Waals surface area contributed by atoms with Crippen LogP contribution < -0.4 is 5.32 Å². The van der Waals surface area contributed by atoms with E-state index >= 15 is 0 Å². The third kappa shape index (κ3) is 5.17. The van der Waals surface area contributed by atoms with Gasteiger partial charge in [-0.3, -0.25) is 9.69 Å². The van der Waals surface area contributed by atoms with E-state index in [1.165, 1.54) is 0 Å². The van der Waals surface area contributed by atoms with Crippen molar-refractivity contribution in [3.05, 3.63) is 0 Å². The second kappa shape index (κ2) is 8.89. The third-order valence-electron chi connectivity index (χ3n) is 3.67. The summed E-state index contributed by atoms with van der Waals surface area (Å²) in [6, 6.07) is 2.34. The van der Waals surface area contributed by atoms with E-state index in [4.69, 9.17) is 4.74 Å². The van der Waals surface area contributed by atoms with E-state index in [0.29, 0.717) is 25.5 Å². The lowest BCUT2D eigenvalue weighted by Crippen LogP contribution is -2.44. The highest BCUT2D eigenvalue weighted by Crippen LogP contribution is 2.20. The Balaban J connectivity index is 2.50. The Hall–Kier alpha value is -1.12. The van der Waals surface area contributed by atoms with Crippen LogP contribution in [0.3, 0.4) is 0 Å². The van der Waals surface area contributed by atoms with E-state index in [-0.39, 0.29) is 12.0 Å². The molecule has 1 rings (SSSR count). The number of rotatable bonds is 7. The summed E-state index contributed by atoms with van der Waals surface area (Å²) in [6.07, 6.45) is 2.44. The van der Waals surface area contributed by atoms with Crippen LogP contribution in [0.1, 0.15) is 33.1 Å². The molecule has 1 atom stereocenters. The predicted octanol–water partition coefficient (Wildman–Crippen LogP) is 1.15. The molecule has 1 aliphatic heterocycles. The molecule has 0 aromatic heterocycles. The van der Waals surface area contributed by atoms with Gasteiger partial charge < -0.3 is 10.1 Å². The van der Waals surface area contributed by atoms with Gasteiger partial charge in [0.25, 0.3) is 0 Å². The molecule has 0 aromatic rings. The molecule has 0 spiro atoms. The Labute approximate surface area is 115 Å². The number of carbonyl (C=O) groups excluding carboxylic acids is 1. The maximum Gasteiger partial charge on any atom is 0.307 e. The van der Waals surface area contributed by atoms with E-state index in [2.05, 4.69) is 16.3 Å². The van der Waals surface area contributed by atoms with Crippen LogP contribution in [0.15, 0.2) is 0 Å². The van der Waals surface area contributed by atoms with E-state index in [0.717, 1.165) is 32.5 Å². The van der Waals surface area contributed by atoms with Gasteiger partial charge in [-0.15, -0.1) is 0 Å². The van der Waals surface area contributed by atoms with Gasteiger partial charge in [-0.2, -0.15) is 5.26 Å². The number of esters is 1. The Morgan fingerprint density at radius 3 is 2.68 bits per heavy atom. The first-order chi connectivity index (χ1) is 9.22. The van der Waals surface area contributed by atoms with Crippen LogP contribution in [-0.4, -0.2) is 49.7 Å². The third-order valence-corrected chi connectivity index (χ3v) is 3.67. The molecule has 0 bridgehead atoms. The van der Waals surface area contributed by atoms with Crippen molar-refractivity contribution in [3.63, 3.8) is 0 Å². The fraction of sp³-hybridized carbons (Fsp3) is 0.857. The van der Waals surface area contributed by atoms with Gasteiger partial charge in [-0.1, -0.05) is 6.92 Å². The van der Waals surface area contributed by atoms with Crippen molar-refractivity contribution in [1.29, 1.82) is 5.26 Å². The number of ether oxygens (including phenoxy) is 1. The summed E-state index contributed by atoms with van der Waals surface area (Å²) < 4.78 is 4.94. The highest BCUT2D eigenvalue weighted by atomic mass is 16.5. The number of piperidine rings is 1. The zero-order valence-electron chi connectivity index (χ0n) is 12.0. The monoisotopic (exact) mass is 267 g/mol. The maximum atomic E-state index is 11.4. The Morgan fingerprint density at radius 2 is 2.16 bits per heavy atom. The first-order valence-corrected chi connectivity index (χ1v) is 7.22.